The molecule has 2 N–H and O–H groups in total. The minimum atomic E-state index is -1.14. The second-order valence-electron chi connectivity index (χ2n) is 4.40. The quantitative estimate of drug-likeness (QED) is 0.861. The van der Waals surface area contributed by atoms with E-state index in [0.717, 1.165) is 12.1 Å². The van der Waals surface area contributed by atoms with E-state index in [1.165, 1.54) is 13.0 Å². The molecule has 0 fully saturated rings. The molecule has 0 saturated heterocycles. The average Bonchev–Trinajstić information content (AvgIpc) is 2.27. The molecule has 0 aliphatic rings. The number of carbonyl (C=O) groups excluding carboxylic acids is 1. The van der Waals surface area contributed by atoms with Gasteiger partial charge in [-0.1, -0.05) is 13.0 Å². The van der Waals surface area contributed by atoms with Crippen LogP contribution >= 0.6 is 0 Å². The summed E-state index contributed by atoms with van der Waals surface area (Å²) in [7, 11) is 0. The fraction of sp³-hybridized carbons (Fsp3) is 0.385. The fourth-order valence-electron chi connectivity index (χ4n) is 1.65. The Hall–Kier alpha value is -1.98. The third kappa shape index (κ3) is 4.31. The standard InChI is InChI=1S/C13H15F2NO3/c1-7(5-12(17)16-8(2)13(18)19)10-4-3-9(14)6-11(10)15/h3-4,6-8H,5H2,1-2H3,(H,16,17)(H,18,19)/t7?,8-/m0/s1. The SMILES string of the molecule is CC(CC(=O)N[C@@H](C)C(=O)O)c1ccc(F)cc1F. The van der Waals surface area contributed by atoms with Gasteiger partial charge in [-0.15, -0.1) is 0 Å². The molecule has 0 aromatic heterocycles. The summed E-state index contributed by atoms with van der Waals surface area (Å²) in [6.07, 6.45) is -0.0693. The van der Waals surface area contributed by atoms with E-state index in [1.807, 2.05) is 0 Å². The van der Waals surface area contributed by atoms with Crippen LogP contribution < -0.4 is 5.32 Å². The lowest BCUT2D eigenvalue weighted by molar-refractivity contribution is -0.141. The van der Waals surface area contributed by atoms with Crippen molar-refractivity contribution in [2.45, 2.75) is 32.2 Å². The van der Waals surface area contributed by atoms with Gasteiger partial charge in [0.2, 0.25) is 5.91 Å². The van der Waals surface area contributed by atoms with Crippen LogP contribution in [0.4, 0.5) is 8.78 Å². The van der Waals surface area contributed by atoms with E-state index in [4.69, 9.17) is 5.11 Å². The predicted molar refractivity (Wildman–Crippen MR) is 64.6 cm³/mol. The molecule has 0 spiro atoms. The molecule has 0 radical (unpaired) electrons. The Morgan fingerprint density at radius 3 is 2.47 bits per heavy atom. The van der Waals surface area contributed by atoms with Gasteiger partial charge in [-0.05, 0) is 24.5 Å². The van der Waals surface area contributed by atoms with Crippen molar-refractivity contribution in [1.29, 1.82) is 0 Å². The summed E-state index contributed by atoms with van der Waals surface area (Å²) in [6, 6.07) is 2.15. The Labute approximate surface area is 109 Å². The van der Waals surface area contributed by atoms with Crippen LogP contribution in [0.1, 0.15) is 31.7 Å². The highest BCUT2D eigenvalue weighted by molar-refractivity contribution is 5.83. The number of aliphatic carboxylic acids is 1. The maximum atomic E-state index is 13.5. The zero-order valence-corrected chi connectivity index (χ0v) is 10.6. The fourth-order valence-corrected chi connectivity index (χ4v) is 1.65. The van der Waals surface area contributed by atoms with E-state index in [9.17, 15) is 18.4 Å². The molecule has 1 rings (SSSR count). The lowest BCUT2D eigenvalue weighted by atomic mass is 9.96. The molecule has 4 nitrogen and oxygen atoms in total. The van der Waals surface area contributed by atoms with E-state index < -0.39 is 35.5 Å². The van der Waals surface area contributed by atoms with E-state index in [2.05, 4.69) is 5.32 Å². The molecule has 1 amide bonds. The van der Waals surface area contributed by atoms with Gasteiger partial charge in [-0.3, -0.25) is 9.59 Å². The molecule has 2 atom stereocenters. The molecule has 6 heteroatoms. The van der Waals surface area contributed by atoms with E-state index in [-0.39, 0.29) is 12.0 Å². The Morgan fingerprint density at radius 1 is 1.32 bits per heavy atom. The zero-order valence-electron chi connectivity index (χ0n) is 10.6. The Balaban J connectivity index is 2.66. The van der Waals surface area contributed by atoms with Gasteiger partial charge in [0.1, 0.15) is 17.7 Å². The molecular formula is C13H15F2NO3. The zero-order chi connectivity index (χ0) is 14.6. The molecule has 1 aromatic carbocycles. The first-order valence-corrected chi connectivity index (χ1v) is 5.78. The van der Waals surface area contributed by atoms with Crippen molar-refractivity contribution in [3.05, 3.63) is 35.4 Å². The van der Waals surface area contributed by atoms with Crippen molar-refractivity contribution in [2.24, 2.45) is 0 Å². The highest BCUT2D eigenvalue weighted by Gasteiger charge is 2.18. The molecule has 0 heterocycles. The van der Waals surface area contributed by atoms with Crippen molar-refractivity contribution in [3.8, 4) is 0 Å². The number of amides is 1. The third-order valence-corrected chi connectivity index (χ3v) is 2.73. The van der Waals surface area contributed by atoms with Crippen LogP contribution in [0.5, 0.6) is 0 Å². The predicted octanol–water partition coefficient (Wildman–Crippen LogP) is 2.05. The van der Waals surface area contributed by atoms with Gasteiger partial charge in [0.05, 0.1) is 0 Å². The first-order chi connectivity index (χ1) is 8.81. The maximum absolute atomic E-state index is 13.5. The monoisotopic (exact) mass is 271 g/mol. The minimum Gasteiger partial charge on any atom is -0.480 e. The lowest BCUT2D eigenvalue weighted by Gasteiger charge is -2.14. The topological polar surface area (TPSA) is 66.4 Å². The molecule has 0 aliphatic carbocycles. The molecule has 1 unspecified atom stereocenters. The first kappa shape index (κ1) is 15.1. The summed E-state index contributed by atoms with van der Waals surface area (Å²) in [5, 5.41) is 10.9. The number of halogens is 2. The van der Waals surface area contributed by atoms with Crippen molar-refractivity contribution in [2.75, 3.05) is 0 Å². The lowest BCUT2D eigenvalue weighted by Crippen LogP contribution is -2.38. The normalized spacial score (nSPS) is 13.7. The summed E-state index contributed by atoms with van der Waals surface area (Å²) in [6.45, 7) is 2.95. The maximum Gasteiger partial charge on any atom is 0.325 e. The van der Waals surface area contributed by atoms with Crippen LogP contribution in [0.3, 0.4) is 0 Å². The number of nitrogens with one attached hydrogen (secondary N) is 1. The van der Waals surface area contributed by atoms with Crippen molar-refractivity contribution in [1.82, 2.24) is 5.32 Å². The summed E-state index contributed by atoms with van der Waals surface area (Å²) < 4.78 is 26.2. The number of hydrogen-bond acceptors (Lipinski definition) is 2. The molecule has 104 valence electrons. The summed E-state index contributed by atoms with van der Waals surface area (Å²) in [5.41, 5.74) is 0.222. The van der Waals surface area contributed by atoms with Gasteiger partial charge in [0.15, 0.2) is 0 Å². The van der Waals surface area contributed by atoms with Gasteiger partial charge in [-0.25, -0.2) is 8.78 Å². The summed E-state index contributed by atoms with van der Waals surface area (Å²) in [5.74, 6) is -3.51. The first-order valence-electron chi connectivity index (χ1n) is 5.78. The second-order valence-corrected chi connectivity index (χ2v) is 4.40. The number of rotatable bonds is 5. The molecule has 0 aliphatic heterocycles. The number of hydrogen-bond donors (Lipinski definition) is 2. The van der Waals surface area contributed by atoms with Crippen LogP contribution in [0.15, 0.2) is 18.2 Å². The van der Waals surface area contributed by atoms with Gasteiger partial charge < -0.3 is 10.4 Å². The van der Waals surface area contributed by atoms with E-state index >= 15 is 0 Å². The molecule has 0 saturated carbocycles. The van der Waals surface area contributed by atoms with E-state index in [1.54, 1.807) is 6.92 Å². The molecule has 1 aromatic rings. The van der Waals surface area contributed by atoms with Gasteiger partial charge in [0, 0.05) is 12.5 Å². The van der Waals surface area contributed by atoms with Crippen molar-refractivity contribution in [3.63, 3.8) is 0 Å². The number of carboxylic acid groups (broad SMARTS) is 1. The number of benzene rings is 1. The highest BCUT2D eigenvalue weighted by Crippen LogP contribution is 2.22. The average molecular weight is 271 g/mol. The summed E-state index contributed by atoms with van der Waals surface area (Å²) in [4.78, 5) is 22.1. The Kier molecular flexibility index (Phi) is 4.97. The molecular weight excluding hydrogens is 256 g/mol. The van der Waals surface area contributed by atoms with Crippen LogP contribution in [-0.4, -0.2) is 23.0 Å². The Morgan fingerprint density at radius 2 is 1.95 bits per heavy atom. The van der Waals surface area contributed by atoms with Crippen molar-refractivity contribution >= 4 is 11.9 Å². The van der Waals surface area contributed by atoms with Crippen LogP contribution in [0, 0.1) is 11.6 Å². The highest BCUT2D eigenvalue weighted by atomic mass is 19.1. The van der Waals surface area contributed by atoms with Crippen LogP contribution in [0.2, 0.25) is 0 Å². The van der Waals surface area contributed by atoms with Gasteiger partial charge >= 0.3 is 5.97 Å². The largest absolute Gasteiger partial charge is 0.480 e. The number of carboxylic acids is 1. The van der Waals surface area contributed by atoms with Gasteiger partial charge in [0.25, 0.3) is 0 Å². The smallest absolute Gasteiger partial charge is 0.325 e. The number of carbonyl (C=O) groups is 2. The summed E-state index contributed by atoms with van der Waals surface area (Å²) >= 11 is 0. The third-order valence-electron chi connectivity index (χ3n) is 2.73. The van der Waals surface area contributed by atoms with E-state index in [0.29, 0.717) is 0 Å². The van der Waals surface area contributed by atoms with Crippen molar-refractivity contribution < 1.29 is 23.5 Å². The molecule has 0 bridgehead atoms. The molecule has 19 heavy (non-hydrogen) atoms. The Bertz CT molecular complexity index is 491. The van der Waals surface area contributed by atoms with Crippen LogP contribution in [0.25, 0.3) is 0 Å². The van der Waals surface area contributed by atoms with Crippen LogP contribution in [-0.2, 0) is 9.59 Å². The van der Waals surface area contributed by atoms with Gasteiger partial charge in [-0.2, -0.15) is 0 Å². The minimum absolute atomic E-state index is 0.0693. The second kappa shape index (κ2) is 6.26.